The average Bonchev–Trinajstić information content (AvgIpc) is 2.60. The molecule has 0 radical (unpaired) electrons. The van der Waals surface area contributed by atoms with Crippen molar-refractivity contribution in [3.8, 4) is 0 Å². The number of likely N-dealkylation sites (N-methyl/N-ethyl adjacent to an activating group) is 1. The molecule has 0 aliphatic heterocycles. The topological polar surface area (TPSA) is 25.2 Å². The number of halogens is 2. The number of nitrogens with zero attached hydrogens (tertiary/aromatic N) is 2. The molecule has 17 heavy (non-hydrogen) atoms. The van der Waals surface area contributed by atoms with Gasteiger partial charge in [-0.05, 0) is 26.2 Å². The second-order valence-corrected chi connectivity index (χ2v) is 4.14. The minimum absolute atomic E-state index is 0.184. The van der Waals surface area contributed by atoms with E-state index in [4.69, 9.17) is 0 Å². The molecule has 90 valence electrons. The van der Waals surface area contributed by atoms with Crippen LogP contribution in [0.2, 0.25) is 0 Å². The molecule has 0 spiro atoms. The summed E-state index contributed by atoms with van der Waals surface area (Å²) in [5.41, 5.74) is 0.385. The van der Waals surface area contributed by atoms with Crippen LogP contribution in [-0.2, 0) is 0 Å². The standard InChI is InChI=1S/C12H12F2N2O/c1-15(2)7-12(17)16-4-3-8-5-9(13)10(14)6-11(8)16/h3-6H,7H2,1-2H3. The van der Waals surface area contributed by atoms with Gasteiger partial charge >= 0.3 is 0 Å². The van der Waals surface area contributed by atoms with E-state index in [2.05, 4.69) is 0 Å². The van der Waals surface area contributed by atoms with E-state index in [1.165, 1.54) is 10.8 Å². The van der Waals surface area contributed by atoms with Gasteiger partial charge in [0, 0.05) is 17.6 Å². The van der Waals surface area contributed by atoms with E-state index in [-0.39, 0.29) is 12.5 Å². The first kappa shape index (κ1) is 11.7. The number of hydrogen-bond acceptors (Lipinski definition) is 2. The van der Waals surface area contributed by atoms with Crippen molar-refractivity contribution in [1.82, 2.24) is 9.47 Å². The van der Waals surface area contributed by atoms with Gasteiger partial charge in [-0.3, -0.25) is 9.36 Å². The molecule has 0 amide bonds. The van der Waals surface area contributed by atoms with Gasteiger partial charge in [-0.2, -0.15) is 0 Å². The highest BCUT2D eigenvalue weighted by molar-refractivity contribution is 5.93. The summed E-state index contributed by atoms with van der Waals surface area (Å²) in [6.45, 7) is 0.211. The third kappa shape index (κ3) is 2.19. The van der Waals surface area contributed by atoms with E-state index in [0.717, 1.165) is 12.1 Å². The molecule has 0 fully saturated rings. The van der Waals surface area contributed by atoms with Crippen molar-refractivity contribution in [2.45, 2.75) is 0 Å². The summed E-state index contributed by atoms with van der Waals surface area (Å²) in [6, 6.07) is 3.72. The van der Waals surface area contributed by atoms with E-state index < -0.39 is 11.6 Å². The largest absolute Gasteiger partial charge is 0.301 e. The number of hydrogen-bond donors (Lipinski definition) is 0. The van der Waals surface area contributed by atoms with Crippen molar-refractivity contribution in [3.05, 3.63) is 36.0 Å². The summed E-state index contributed by atoms with van der Waals surface area (Å²) < 4.78 is 27.4. The van der Waals surface area contributed by atoms with Crippen molar-refractivity contribution < 1.29 is 13.6 Å². The first-order valence-corrected chi connectivity index (χ1v) is 5.13. The van der Waals surface area contributed by atoms with Crippen LogP contribution in [0, 0.1) is 11.6 Å². The molecule has 2 rings (SSSR count). The Bertz CT molecular complexity index is 575. The van der Waals surface area contributed by atoms with E-state index >= 15 is 0 Å². The molecule has 1 aromatic carbocycles. The van der Waals surface area contributed by atoms with Gasteiger partial charge in [0.15, 0.2) is 11.6 Å². The minimum atomic E-state index is -0.949. The summed E-state index contributed by atoms with van der Waals surface area (Å²) in [5, 5.41) is 0.510. The van der Waals surface area contributed by atoms with Crippen molar-refractivity contribution in [2.75, 3.05) is 20.6 Å². The molecular formula is C12H12F2N2O. The van der Waals surface area contributed by atoms with E-state index in [0.29, 0.717) is 10.9 Å². The Morgan fingerprint density at radius 1 is 1.29 bits per heavy atom. The Hall–Kier alpha value is -1.75. The van der Waals surface area contributed by atoms with E-state index in [9.17, 15) is 13.6 Å². The third-order valence-corrected chi connectivity index (χ3v) is 2.45. The van der Waals surface area contributed by atoms with Gasteiger partial charge in [0.1, 0.15) is 0 Å². The zero-order valence-electron chi connectivity index (χ0n) is 9.58. The smallest absolute Gasteiger partial charge is 0.245 e. The molecule has 0 unspecified atom stereocenters. The number of benzene rings is 1. The fourth-order valence-corrected chi connectivity index (χ4v) is 1.69. The fraction of sp³-hybridized carbons (Fsp3) is 0.250. The van der Waals surface area contributed by atoms with E-state index in [1.807, 2.05) is 0 Å². The zero-order valence-corrected chi connectivity index (χ0v) is 9.58. The second kappa shape index (κ2) is 4.25. The predicted octanol–water partition coefficient (Wildman–Crippen LogP) is 2.12. The summed E-state index contributed by atoms with van der Waals surface area (Å²) >= 11 is 0. The summed E-state index contributed by atoms with van der Waals surface area (Å²) in [6.07, 6.45) is 1.52. The Morgan fingerprint density at radius 2 is 1.94 bits per heavy atom. The van der Waals surface area contributed by atoms with Crippen molar-refractivity contribution in [3.63, 3.8) is 0 Å². The molecule has 0 aliphatic rings. The van der Waals surface area contributed by atoms with Crippen LogP contribution in [0.3, 0.4) is 0 Å². The molecule has 0 bridgehead atoms. The van der Waals surface area contributed by atoms with Crippen LogP contribution in [0.25, 0.3) is 10.9 Å². The van der Waals surface area contributed by atoms with Gasteiger partial charge in [-0.1, -0.05) is 0 Å². The molecule has 0 N–H and O–H groups in total. The summed E-state index contributed by atoms with van der Waals surface area (Å²) in [4.78, 5) is 13.5. The van der Waals surface area contributed by atoms with Gasteiger partial charge in [0.25, 0.3) is 0 Å². The maximum atomic E-state index is 13.1. The number of aromatic nitrogens is 1. The lowest BCUT2D eigenvalue weighted by atomic mass is 10.2. The minimum Gasteiger partial charge on any atom is -0.301 e. The second-order valence-electron chi connectivity index (χ2n) is 4.14. The quantitative estimate of drug-likeness (QED) is 0.800. The lowest BCUT2D eigenvalue weighted by Crippen LogP contribution is -2.25. The SMILES string of the molecule is CN(C)CC(=O)n1ccc2cc(F)c(F)cc21. The highest BCUT2D eigenvalue weighted by atomic mass is 19.2. The zero-order chi connectivity index (χ0) is 12.6. The Kier molecular flexibility index (Phi) is 2.93. The van der Waals surface area contributed by atoms with E-state index in [1.54, 1.807) is 25.1 Å². The Balaban J connectivity index is 2.49. The highest BCUT2D eigenvalue weighted by Gasteiger charge is 2.12. The van der Waals surface area contributed by atoms with Crippen LogP contribution < -0.4 is 0 Å². The molecule has 1 aromatic heterocycles. The first-order chi connectivity index (χ1) is 7.99. The van der Waals surface area contributed by atoms with Crippen molar-refractivity contribution >= 4 is 16.8 Å². The van der Waals surface area contributed by atoms with Crippen LogP contribution in [0.15, 0.2) is 24.4 Å². The molecule has 3 nitrogen and oxygen atoms in total. The molecule has 5 heteroatoms. The Morgan fingerprint density at radius 3 is 2.59 bits per heavy atom. The van der Waals surface area contributed by atoms with Crippen molar-refractivity contribution in [1.29, 1.82) is 0 Å². The lowest BCUT2D eigenvalue weighted by molar-refractivity contribution is 0.0882. The summed E-state index contributed by atoms with van der Waals surface area (Å²) in [5.74, 6) is -2.04. The number of carbonyl (C=O) groups excluding carboxylic acids is 1. The van der Waals surface area contributed by atoms with Crippen LogP contribution in [0.4, 0.5) is 8.78 Å². The number of fused-ring (bicyclic) bond motifs is 1. The van der Waals surface area contributed by atoms with Crippen molar-refractivity contribution in [2.24, 2.45) is 0 Å². The Labute approximate surface area is 97.2 Å². The van der Waals surface area contributed by atoms with Gasteiger partial charge in [-0.15, -0.1) is 0 Å². The first-order valence-electron chi connectivity index (χ1n) is 5.13. The molecule has 0 aliphatic carbocycles. The molecule has 1 heterocycles. The maximum Gasteiger partial charge on any atom is 0.245 e. The highest BCUT2D eigenvalue weighted by Crippen LogP contribution is 2.19. The van der Waals surface area contributed by atoms with Crippen LogP contribution in [-0.4, -0.2) is 36.0 Å². The predicted molar refractivity (Wildman–Crippen MR) is 61.0 cm³/mol. The summed E-state index contributed by atoms with van der Waals surface area (Å²) in [7, 11) is 3.54. The number of rotatable bonds is 2. The molecule has 2 aromatic rings. The van der Waals surface area contributed by atoms with Gasteiger partial charge in [-0.25, -0.2) is 8.78 Å². The average molecular weight is 238 g/mol. The van der Waals surface area contributed by atoms with Crippen LogP contribution in [0.5, 0.6) is 0 Å². The number of carbonyl (C=O) groups is 1. The molecule has 0 saturated carbocycles. The molecule has 0 atom stereocenters. The lowest BCUT2D eigenvalue weighted by Gasteiger charge is -2.09. The van der Waals surface area contributed by atoms with Crippen LogP contribution >= 0.6 is 0 Å². The monoisotopic (exact) mass is 238 g/mol. The normalized spacial score (nSPS) is 11.4. The molecular weight excluding hydrogens is 226 g/mol. The van der Waals surface area contributed by atoms with Gasteiger partial charge in [0.05, 0.1) is 12.1 Å². The van der Waals surface area contributed by atoms with Gasteiger partial charge < -0.3 is 4.90 Å². The van der Waals surface area contributed by atoms with Crippen LogP contribution in [0.1, 0.15) is 4.79 Å². The third-order valence-electron chi connectivity index (χ3n) is 2.45. The maximum absolute atomic E-state index is 13.1. The fourth-order valence-electron chi connectivity index (χ4n) is 1.69. The van der Waals surface area contributed by atoms with Gasteiger partial charge in [0.2, 0.25) is 5.91 Å². The molecule has 0 saturated heterocycles.